The first kappa shape index (κ1) is 23.4. The second-order valence-corrected chi connectivity index (χ2v) is 9.84. The van der Waals surface area contributed by atoms with Crippen LogP contribution in [0.25, 0.3) is 0 Å². The molecule has 0 radical (unpaired) electrons. The molecule has 35 heavy (non-hydrogen) atoms. The Morgan fingerprint density at radius 2 is 1.60 bits per heavy atom. The van der Waals surface area contributed by atoms with Crippen LogP contribution in [0.15, 0.2) is 36.4 Å². The number of nitrogens with zero attached hydrogens (tertiary/aromatic N) is 6. The van der Waals surface area contributed by atoms with Crippen molar-refractivity contribution in [2.45, 2.75) is 26.2 Å². The van der Waals surface area contributed by atoms with Gasteiger partial charge in [-0.2, -0.15) is 0 Å². The highest BCUT2D eigenvalue weighted by atomic mass is 16.5. The molecule has 3 aliphatic heterocycles. The van der Waals surface area contributed by atoms with Crippen molar-refractivity contribution in [2.75, 3.05) is 67.6 Å². The van der Waals surface area contributed by atoms with Crippen molar-refractivity contribution in [1.82, 2.24) is 15.1 Å². The maximum atomic E-state index is 13.2. The number of piperidine rings is 1. The highest BCUT2D eigenvalue weighted by molar-refractivity contribution is 6.00. The van der Waals surface area contributed by atoms with Crippen LogP contribution in [0.2, 0.25) is 0 Å². The van der Waals surface area contributed by atoms with Gasteiger partial charge in [0.15, 0.2) is 11.6 Å². The fourth-order valence-electron chi connectivity index (χ4n) is 5.21. The zero-order valence-corrected chi connectivity index (χ0v) is 20.6. The third kappa shape index (κ3) is 5.04. The topological polar surface area (TPSA) is 82.1 Å². The molecule has 2 amide bonds. The van der Waals surface area contributed by atoms with Crippen molar-refractivity contribution in [2.24, 2.45) is 11.8 Å². The fourth-order valence-corrected chi connectivity index (χ4v) is 5.21. The number of hydrogen-bond acceptors (Lipinski definition) is 7. The van der Waals surface area contributed by atoms with E-state index in [-0.39, 0.29) is 24.2 Å². The van der Waals surface area contributed by atoms with E-state index in [1.807, 2.05) is 35.2 Å². The average Bonchev–Trinajstić information content (AvgIpc) is 3.30. The molecule has 0 spiro atoms. The molecule has 1 aromatic heterocycles. The third-order valence-corrected chi connectivity index (χ3v) is 7.50. The van der Waals surface area contributed by atoms with Crippen LogP contribution in [0.3, 0.4) is 0 Å². The molecule has 4 heterocycles. The minimum atomic E-state index is -0.313. The number of anilines is 3. The minimum absolute atomic E-state index is 0.0197. The molecule has 1 atom stereocenters. The average molecular weight is 479 g/mol. The van der Waals surface area contributed by atoms with Crippen molar-refractivity contribution in [3.63, 3.8) is 0 Å². The summed E-state index contributed by atoms with van der Waals surface area (Å²) in [6.07, 6.45) is 2.64. The SMILES string of the molecule is COc1cccc(N2CC(C(=O)N3CCN(c4ccc(N5CCC(C)CC5)nn4)CC3)CC2=O)c1. The fraction of sp³-hybridized carbons (Fsp3) is 0.538. The van der Waals surface area contributed by atoms with Crippen LogP contribution in [-0.4, -0.2) is 79.8 Å². The van der Waals surface area contributed by atoms with Gasteiger partial charge in [-0.3, -0.25) is 9.59 Å². The normalized spacial score (nSPS) is 21.5. The lowest BCUT2D eigenvalue weighted by molar-refractivity contribution is -0.136. The molecule has 1 unspecified atom stereocenters. The highest BCUT2D eigenvalue weighted by Crippen LogP contribution is 2.29. The molecule has 0 aliphatic carbocycles. The second-order valence-electron chi connectivity index (χ2n) is 9.84. The second kappa shape index (κ2) is 10.1. The van der Waals surface area contributed by atoms with Crippen LogP contribution < -0.4 is 19.4 Å². The molecule has 9 heteroatoms. The van der Waals surface area contributed by atoms with Crippen LogP contribution in [0.1, 0.15) is 26.2 Å². The van der Waals surface area contributed by atoms with E-state index in [1.54, 1.807) is 12.0 Å². The van der Waals surface area contributed by atoms with Gasteiger partial charge in [0, 0.05) is 64.0 Å². The molecule has 3 saturated heterocycles. The summed E-state index contributed by atoms with van der Waals surface area (Å²) >= 11 is 0. The molecule has 186 valence electrons. The first-order valence-electron chi connectivity index (χ1n) is 12.6. The summed E-state index contributed by atoms with van der Waals surface area (Å²) in [5, 5.41) is 8.96. The number of amides is 2. The number of aromatic nitrogens is 2. The third-order valence-electron chi connectivity index (χ3n) is 7.50. The lowest BCUT2D eigenvalue weighted by atomic mass is 9.99. The van der Waals surface area contributed by atoms with Crippen molar-refractivity contribution in [3.8, 4) is 5.75 Å². The van der Waals surface area contributed by atoms with Gasteiger partial charge in [0.2, 0.25) is 11.8 Å². The van der Waals surface area contributed by atoms with Gasteiger partial charge in [0.25, 0.3) is 0 Å². The number of benzene rings is 1. The van der Waals surface area contributed by atoms with E-state index in [1.165, 1.54) is 12.8 Å². The lowest BCUT2D eigenvalue weighted by Crippen LogP contribution is -2.51. The van der Waals surface area contributed by atoms with E-state index in [4.69, 9.17) is 4.74 Å². The van der Waals surface area contributed by atoms with Crippen molar-refractivity contribution >= 4 is 29.1 Å². The number of rotatable bonds is 5. The molecule has 3 aliphatic rings. The Kier molecular flexibility index (Phi) is 6.74. The summed E-state index contributed by atoms with van der Waals surface area (Å²) in [7, 11) is 1.60. The quantitative estimate of drug-likeness (QED) is 0.653. The molecule has 0 N–H and O–H groups in total. The van der Waals surface area contributed by atoms with Gasteiger partial charge in [0.1, 0.15) is 5.75 Å². The van der Waals surface area contributed by atoms with E-state index in [0.29, 0.717) is 38.5 Å². The predicted molar refractivity (Wildman–Crippen MR) is 135 cm³/mol. The van der Waals surface area contributed by atoms with Crippen molar-refractivity contribution in [1.29, 1.82) is 0 Å². The monoisotopic (exact) mass is 478 g/mol. The Balaban J connectivity index is 1.15. The van der Waals surface area contributed by atoms with Crippen molar-refractivity contribution < 1.29 is 14.3 Å². The molecule has 9 nitrogen and oxygen atoms in total. The standard InChI is InChI=1S/C26H34N6O3/c1-19-8-10-29(11-9-19)23-6-7-24(28-27-23)30-12-14-31(15-13-30)26(34)20-16-25(33)32(18-20)21-4-3-5-22(17-21)35-2/h3-7,17,19-20H,8-16,18H2,1-2H3. The Labute approximate surface area is 206 Å². The molecule has 2 aromatic rings. The smallest absolute Gasteiger partial charge is 0.228 e. The summed E-state index contributed by atoms with van der Waals surface area (Å²) in [6.45, 7) is 7.45. The van der Waals surface area contributed by atoms with Crippen LogP contribution in [0.5, 0.6) is 5.75 Å². The van der Waals surface area contributed by atoms with Gasteiger partial charge in [-0.05, 0) is 43.0 Å². The summed E-state index contributed by atoms with van der Waals surface area (Å²) in [5.74, 6) is 3.00. The Hall–Kier alpha value is -3.36. The predicted octanol–water partition coefficient (Wildman–Crippen LogP) is 2.42. The van der Waals surface area contributed by atoms with Crippen LogP contribution >= 0.6 is 0 Å². The van der Waals surface area contributed by atoms with E-state index in [0.717, 1.165) is 36.3 Å². The molecule has 0 bridgehead atoms. The lowest BCUT2D eigenvalue weighted by Gasteiger charge is -2.36. The highest BCUT2D eigenvalue weighted by Gasteiger charge is 2.38. The number of piperazine rings is 1. The van der Waals surface area contributed by atoms with Crippen molar-refractivity contribution in [3.05, 3.63) is 36.4 Å². The van der Waals surface area contributed by atoms with Gasteiger partial charge in [-0.1, -0.05) is 13.0 Å². The molecule has 1 aromatic carbocycles. The Morgan fingerprint density at radius 1 is 0.943 bits per heavy atom. The number of methoxy groups -OCH3 is 1. The number of ether oxygens (including phenoxy) is 1. The van der Waals surface area contributed by atoms with E-state index in [9.17, 15) is 9.59 Å². The molecule has 3 fully saturated rings. The summed E-state index contributed by atoms with van der Waals surface area (Å²) in [6, 6.07) is 11.5. The molecular weight excluding hydrogens is 444 g/mol. The van der Waals surface area contributed by atoms with Gasteiger partial charge in [0.05, 0.1) is 13.0 Å². The van der Waals surface area contributed by atoms with E-state index in [2.05, 4.69) is 33.0 Å². The zero-order valence-electron chi connectivity index (χ0n) is 20.6. The molecule has 0 saturated carbocycles. The Bertz CT molecular complexity index is 1050. The van der Waals surface area contributed by atoms with E-state index >= 15 is 0 Å². The van der Waals surface area contributed by atoms with Crippen LogP contribution in [0.4, 0.5) is 17.3 Å². The first-order chi connectivity index (χ1) is 17.0. The number of hydrogen-bond donors (Lipinski definition) is 0. The first-order valence-corrected chi connectivity index (χ1v) is 12.6. The number of carbonyl (C=O) groups is 2. The van der Waals surface area contributed by atoms with Crippen LogP contribution in [-0.2, 0) is 9.59 Å². The summed E-state index contributed by atoms with van der Waals surface area (Å²) < 4.78 is 5.28. The summed E-state index contributed by atoms with van der Waals surface area (Å²) in [5.41, 5.74) is 0.774. The molecular formula is C26H34N6O3. The maximum absolute atomic E-state index is 13.2. The van der Waals surface area contributed by atoms with Gasteiger partial charge >= 0.3 is 0 Å². The minimum Gasteiger partial charge on any atom is -0.497 e. The van der Waals surface area contributed by atoms with Crippen LogP contribution in [0, 0.1) is 11.8 Å². The zero-order chi connectivity index (χ0) is 24.4. The van der Waals surface area contributed by atoms with Gasteiger partial charge < -0.3 is 24.3 Å². The number of carbonyl (C=O) groups excluding carboxylic acids is 2. The largest absolute Gasteiger partial charge is 0.497 e. The maximum Gasteiger partial charge on any atom is 0.228 e. The Morgan fingerprint density at radius 3 is 2.23 bits per heavy atom. The van der Waals surface area contributed by atoms with E-state index < -0.39 is 0 Å². The van der Waals surface area contributed by atoms with Gasteiger partial charge in [-0.15, -0.1) is 10.2 Å². The molecule has 5 rings (SSSR count). The van der Waals surface area contributed by atoms with Gasteiger partial charge in [-0.25, -0.2) is 0 Å². The summed E-state index contributed by atoms with van der Waals surface area (Å²) in [4.78, 5) is 33.9.